The number of piperidine rings is 1. The van der Waals surface area contributed by atoms with E-state index in [0.29, 0.717) is 19.2 Å². The van der Waals surface area contributed by atoms with Crippen LogP contribution in [-0.2, 0) is 14.8 Å². The average Bonchev–Trinajstić information content (AvgIpc) is 2.65. The summed E-state index contributed by atoms with van der Waals surface area (Å²) in [4.78, 5) is 15.4. The maximum Gasteiger partial charge on any atom is 0.246 e. The number of piperazine rings is 1. The predicted molar refractivity (Wildman–Crippen MR) is 92.0 cm³/mol. The van der Waals surface area contributed by atoms with Crippen molar-refractivity contribution in [3.63, 3.8) is 0 Å². The van der Waals surface area contributed by atoms with Crippen molar-refractivity contribution >= 4 is 15.9 Å². The molecular formula is C17H23F2N3O3S. The second-order valence-corrected chi connectivity index (χ2v) is 8.60. The number of hydrogen-bond acceptors (Lipinski definition) is 4. The van der Waals surface area contributed by atoms with Crippen molar-refractivity contribution < 1.29 is 22.0 Å². The van der Waals surface area contributed by atoms with Gasteiger partial charge in [-0.1, -0.05) is 0 Å². The molecule has 1 amide bonds. The molecule has 1 aromatic carbocycles. The van der Waals surface area contributed by atoms with Crippen LogP contribution in [0.4, 0.5) is 8.78 Å². The first-order valence-electron chi connectivity index (χ1n) is 8.83. The van der Waals surface area contributed by atoms with Crippen molar-refractivity contribution in [3.8, 4) is 0 Å². The van der Waals surface area contributed by atoms with Crippen LogP contribution >= 0.6 is 0 Å². The summed E-state index contributed by atoms with van der Waals surface area (Å²) in [6, 6.07) is 2.41. The van der Waals surface area contributed by atoms with Crippen molar-refractivity contribution in [2.75, 3.05) is 45.8 Å². The highest BCUT2D eigenvalue weighted by Crippen LogP contribution is 2.21. The zero-order valence-corrected chi connectivity index (χ0v) is 15.4. The molecule has 0 aliphatic carbocycles. The molecular weight excluding hydrogens is 364 g/mol. The van der Waals surface area contributed by atoms with Gasteiger partial charge in [-0.25, -0.2) is 17.2 Å². The van der Waals surface area contributed by atoms with Crippen LogP contribution in [0.2, 0.25) is 0 Å². The van der Waals surface area contributed by atoms with Gasteiger partial charge in [0.15, 0.2) is 0 Å². The first kappa shape index (κ1) is 19.2. The molecule has 2 aliphatic rings. The third-order valence-electron chi connectivity index (χ3n) is 4.91. The maximum absolute atomic E-state index is 13.8. The molecule has 0 unspecified atom stereocenters. The SMILES string of the molecule is O=C(CN1CCN(S(=O)(=O)c2cc(F)ccc2F)CC1)N1CCCCC1. The summed E-state index contributed by atoms with van der Waals surface area (Å²) in [7, 11) is -4.09. The van der Waals surface area contributed by atoms with E-state index in [0.717, 1.165) is 48.8 Å². The summed E-state index contributed by atoms with van der Waals surface area (Å²) in [6.07, 6.45) is 3.20. The minimum Gasteiger partial charge on any atom is -0.342 e. The van der Waals surface area contributed by atoms with Gasteiger partial charge in [0.1, 0.15) is 16.5 Å². The van der Waals surface area contributed by atoms with Gasteiger partial charge in [0.25, 0.3) is 0 Å². The number of carbonyl (C=O) groups is 1. The Morgan fingerprint density at radius 3 is 2.27 bits per heavy atom. The van der Waals surface area contributed by atoms with Gasteiger partial charge in [0.05, 0.1) is 6.54 Å². The second kappa shape index (κ2) is 7.98. The molecule has 2 aliphatic heterocycles. The van der Waals surface area contributed by atoms with E-state index >= 15 is 0 Å². The molecule has 2 heterocycles. The molecule has 26 heavy (non-hydrogen) atoms. The molecule has 1 aromatic rings. The zero-order chi connectivity index (χ0) is 18.7. The number of rotatable bonds is 4. The Morgan fingerprint density at radius 2 is 1.62 bits per heavy atom. The summed E-state index contributed by atoms with van der Waals surface area (Å²) in [5.74, 6) is -1.69. The normalized spacial score (nSPS) is 20.3. The number of amides is 1. The molecule has 0 N–H and O–H groups in total. The minimum atomic E-state index is -4.09. The summed E-state index contributed by atoms with van der Waals surface area (Å²) in [5, 5.41) is 0. The number of likely N-dealkylation sites (tertiary alicyclic amines) is 1. The van der Waals surface area contributed by atoms with Crippen LogP contribution in [0.5, 0.6) is 0 Å². The van der Waals surface area contributed by atoms with Crippen LogP contribution in [0, 0.1) is 11.6 Å². The topological polar surface area (TPSA) is 60.9 Å². The standard InChI is InChI=1S/C17H23F2N3O3S/c18-14-4-5-15(19)16(12-14)26(24,25)22-10-8-20(9-11-22)13-17(23)21-6-2-1-3-7-21/h4-5,12H,1-3,6-11,13H2. The van der Waals surface area contributed by atoms with Crippen LogP contribution in [-0.4, -0.2) is 74.2 Å². The summed E-state index contributed by atoms with van der Waals surface area (Å²) in [6.45, 7) is 2.89. The summed E-state index contributed by atoms with van der Waals surface area (Å²) < 4.78 is 53.4. The van der Waals surface area contributed by atoms with E-state index in [4.69, 9.17) is 0 Å². The number of nitrogens with zero attached hydrogens (tertiary/aromatic N) is 3. The van der Waals surface area contributed by atoms with Crippen LogP contribution in [0.15, 0.2) is 23.1 Å². The molecule has 9 heteroatoms. The van der Waals surface area contributed by atoms with Gasteiger partial charge in [-0.05, 0) is 37.5 Å². The van der Waals surface area contributed by atoms with Crippen molar-refractivity contribution in [2.45, 2.75) is 24.2 Å². The van der Waals surface area contributed by atoms with Crippen LogP contribution in [0.25, 0.3) is 0 Å². The smallest absolute Gasteiger partial charge is 0.246 e. The third kappa shape index (κ3) is 4.21. The Labute approximate surface area is 152 Å². The van der Waals surface area contributed by atoms with Gasteiger partial charge < -0.3 is 4.90 Å². The Balaban J connectivity index is 1.59. The number of halogens is 2. The molecule has 0 bridgehead atoms. The Morgan fingerprint density at radius 1 is 0.962 bits per heavy atom. The summed E-state index contributed by atoms with van der Waals surface area (Å²) >= 11 is 0. The molecule has 0 saturated carbocycles. The first-order chi connectivity index (χ1) is 12.4. The molecule has 0 spiro atoms. The van der Waals surface area contributed by atoms with Gasteiger partial charge in [0.2, 0.25) is 15.9 Å². The van der Waals surface area contributed by atoms with Crippen molar-refractivity contribution in [1.82, 2.24) is 14.1 Å². The van der Waals surface area contributed by atoms with E-state index in [9.17, 15) is 22.0 Å². The number of carbonyl (C=O) groups excluding carboxylic acids is 1. The quantitative estimate of drug-likeness (QED) is 0.781. The number of sulfonamides is 1. The molecule has 0 atom stereocenters. The highest BCUT2D eigenvalue weighted by molar-refractivity contribution is 7.89. The fourth-order valence-corrected chi connectivity index (χ4v) is 4.87. The molecule has 3 rings (SSSR count). The van der Waals surface area contributed by atoms with Crippen LogP contribution in [0.3, 0.4) is 0 Å². The zero-order valence-electron chi connectivity index (χ0n) is 14.5. The minimum absolute atomic E-state index is 0.0668. The Kier molecular flexibility index (Phi) is 5.89. The maximum atomic E-state index is 13.8. The van der Waals surface area contributed by atoms with Crippen LogP contribution < -0.4 is 0 Å². The monoisotopic (exact) mass is 387 g/mol. The summed E-state index contributed by atoms with van der Waals surface area (Å²) in [5.41, 5.74) is 0. The van der Waals surface area contributed by atoms with Crippen LogP contribution in [0.1, 0.15) is 19.3 Å². The second-order valence-electron chi connectivity index (χ2n) is 6.70. The third-order valence-corrected chi connectivity index (χ3v) is 6.82. The van der Waals surface area contributed by atoms with Gasteiger partial charge in [-0.3, -0.25) is 9.69 Å². The molecule has 2 fully saturated rings. The molecule has 0 radical (unpaired) electrons. The van der Waals surface area contributed by atoms with Gasteiger partial charge >= 0.3 is 0 Å². The molecule has 6 nitrogen and oxygen atoms in total. The highest BCUT2D eigenvalue weighted by atomic mass is 32.2. The van der Waals surface area contributed by atoms with E-state index in [1.165, 1.54) is 0 Å². The molecule has 0 aromatic heterocycles. The lowest BCUT2D eigenvalue weighted by atomic mass is 10.1. The lowest BCUT2D eigenvalue weighted by molar-refractivity contribution is -0.133. The lowest BCUT2D eigenvalue weighted by Crippen LogP contribution is -2.52. The number of hydrogen-bond donors (Lipinski definition) is 0. The fourth-order valence-electron chi connectivity index (χ4n) is 3.38. The van der Waals surface area contributed by atoms with E-state index < -0.39 is 26.6 Å². The fraction of sp³-hybridized carbons (Fsp3) is 0.588. The van der Waals surface area contributed by atoms with E-state index in [1.807, 2.05) is 9.80 Å². The van der Waals surface area contributed by atoms with Crippen molar-refractivity contribution in [1.29, 1.82) is 0 Å². The number of benzene rings is 1. The molecule has 144 valence electrons. The van der Waals surface area contributed by atoms with Crippen molar-refractivity contribution in [3.05, 3.63) is 29.8 Å². The van der Waals surface area contributed by atoms with Gasteiger partial charge in [-0.15, -0.1) is 0 Å². The molecule has 2 saturated heterocycles. The van der Waals surface area contributed by atoms with E-state index in [-0.39, 0.29) is 25.5 Å². The average molecular weight is 387 g/mol. The highest BCUT2D eigenvalue weighted by Gasteiger charge is 2.32. The van der Waals surface area contributed by atoms with E-state index in [2.05, 4.69) is 0 Å². The Bertz CT molecular complexity index is 759. The van der Waals surface area contributed by atoms with Crippen molar-refractivity contribution in [2.24, 2.45) is 0 Å². The van der Waals surface area contributed by atoms with Gasteiger partial charge in [-0.2, -0.15) is 4.31 Å². The lowest BCUT2D eigenvalue weighted by Gasteiger charge is -2.35. The Hall–Kier alpha value is -1.58. The predicted octanol–water partition coefficient (Wildman–Crippen LogP) is 1.28. The largest absolute Gasteiger partial charge is 0.342 e. The first-order valence-corrected chi connectivity index (χ1v) is 10.3. The van der Waals surface area contributed by atoms with Gasteiger partial charge in [0, 0.05) is 39.3 Å². The van der Waals surface area contributed by atoms with E-state index in [1.54, 1.807) is 0 Å².